The Kier molecular flexibility index (Phi) is 5.55. The van der Waals surface area contributed by atoms with Crippen molar-refractivity contribution in [2.24, 2.45) is 5.41 Å². The maximum atomic E-state index is 12.9. The zero-order valence-electron chi connectivity index (χ0n) is 18.5. The highest BCUT2D eigenvalue weighted by molar-refractivity contribution is 7.18. The summed E-state index contributed by atoms with van der Waals surface area (Å²) in [6.45, 7) is 5.30. The van der Waals surface area contributed by atoms with Gasteiger partial charge in [-0.2, -0.15) is 5.10 Å². The fraction of sp³-hybridized carbons (Fsp3) is 0.346. The third-order valence-corrected chi connectivity index (χ3v) is 7.27. The zero-order chi connectivity index (χ0) is 22.1. The van der Waals surface area contributed by atoms with Gasteiger partial charge in [0, 0.05) is 24.1 Å². The van der Waals surface area contributed by atoms with Gasteiger partial charge in [-0.3, -0.25) is 9.48 Å². The highest BCUT2D eigenvalue weighted by Gasteiger charge is 2.35. The molecule has 164 valence electrons. The number of aryl methyl sites for hydroxylation is 1. The van der Waals surface area contributed by atoms with Crippen LogP contribution in [0.1, 0.15) is 54.6 Å². The van der Waals surface area contributed by atoms with Crippen LogP contribution in [0.3, 0.4) is 0 Å². The van der Waals surface area contributed by atoms with Crippen LogP contribution >= 0.6 is 11.3 Å². The van der Waals surface area contributed by atoms with E-state index < -0.39 is 0 Å². The van der Waals surface area contributed by atoms with Crippen molar-refractivity contribution in [2.45, 2.75) is 52.1 Å². The number of nitrogens with one attached hydrogen (secondary N) is 1. The molecule has 1 amide bonds. The number of hydrogen-bond donors (Lipinski definition) is 1. The molecule has 1 aliphatic rings. The first-order chi connectivity index (χ1) is 15.5. The molecule has 1 unspecified atom stereocenters. The number of rotatable bonds is 6. The van der Waals surface area contributed by atoms with Gasteiger partial charge in [0.05, 0.1) is 34.0 Å². The third-order valence-electron chi connectivity index (χ3n) is 6.17. The van der Waals surface area contributed by atoms with E-state index in [1.807, 2.05) is 30.5 Å². The van der Waals surface area contributed by atoms with Crippen LogP contribution in [-0.4, -0.2) is 20.7 Å². The normalized spacial score (nSPS) is 17.2. The molecular weight excluding hydrogens is 416 g/mol. The molecule has 1 aliphatic carbocycles. The number of benzene rings is 2. The maximum Gasteiger partial charge on any atom is 0.220 e. The van der Waals surface area contributed by atoms with Crippen LogP contribution in [0.25, 0.3) is 10.2 Å². The molecule has 5 rings (SSSR count). The summed E-state index contributed by atoms with van der Waals surface area (Å²) < 4.78 is 3.28. The van der Waals surface area contributed by atoms with E-state index in [1.54, 1.807) is 11.3 Å². The van der Waals surface area contributed by atoms with E-state index >= 15 is 0 Å². The van der Waals surface area contributed by atoms with Crippen LogP contribution in [0, 0.1) is 5.41 Å². The van der Waals surface area contributed by atoms with E-state index in [1.165, 1.54) is 16.0 Å². The van der Waals surface area contributed by atoms with E-state index in [4.69, 9.17) is 5.10 Å². The van der Waals surface area contributed by atoms with Gasteiger partial charge in [-0.1, -0.05) is 56.3 Å². The van der Waals surface area contributed by atoms with E-state index in [0.717, 1.165) is 35.5 Å². The number of aromatic nitrogens is 3. The number of carbonyl (C=O) groups is 1. The van der Waals surface area contributed by atoms with Gasteiger partial charge in [-0.05, 0) is 36.0 Å². The number of hydrogen-bond acceptors (Lipinski definition) is 4. The van der Waals surface area contributed by atoms with Crippen molar-refractivity contribution in [2.75, 3.05) is 0 Å². The fourth-order valence-electron chi connectivity index (χ4n) is 4.63. The number of carbonyl (C=O) groups excluding carboxylic acids is 1. The van der Waals surface area contributed by atoms with Crippen LogP contribution < -0.4 is 5.32 Å². The van der Waals surface area contributed by atoms with Crippen molar-refractivity contribution < 1.29 is 4.79 Å². The van der Waals surface area contributed by atoms with Crippen molar-refractivity contribution in [3.63, 3.8) is 0 Å². The first kappa shape index (κ1) is 20.9. The maximum absolute atomic E-state index is 12.9. The molecule has 0 fully saturated rings. The number of thiazole rings is 1. The Morgan fingerprint density at radius 2 is 1.94 bits per heavy atom. The van der Waals surface area contributed by atoms with Crippen LogP contribution in [-0.2, 0) is 24.2 Å². The molecule has 5 nitrogen and oxygen atoms in total. The lowest BCUT2D eigenvalue weighted by atomic mass is 9.74. The smallest absolute Gasteiger partial charge is 0.220 e. The van der Waals surface area contributed by atoms with E-state index in [9.17, 15) is 4.79 Å². The monoisotopic (exact) mass is 444 g/mol. The van der Waals surface area contributed by atoms with Crippen molar-refractivity contribution in [1.29, 1.82) is 0 Å². The van der Waals surface area contributed by atoms with Gasteiger partial charge >= 0.3 is 0 Å². The molecule has 32 heavy (non-hydrogen) atoms. The molecule has 1 N–H and O–H groups in total. The molecular formula is C26H28N4OS. The Morgan fingerprint density at radius 3 is 2.75 bits per heavy atom. The quantitative estimate of drug-likeness (QED) is 0.439. The van der Waals surface area contributed by atoms with Crippen LogP contribution in [0.5, 0.6) is 0 Å². The molecule has 0 aliphatic heterocycles. The molecule has 0 spiro atoms. The van der Waals surface area contributed by atoms with Crippen LogP contribution in [0.2, 0.25) is 0 Å². The molecule has 4 aromatic rings. The topological polar surface area (TPSA) is 59.8 Å². The second-order valence-corrected chi connectivity index (χ2v) is 10.5. The largest absolute Gasteiger partial charge is 0.349 e. The average Bonchev–Trinajstić information content (AvgIpc) is 3.36. The Balaban J connectivity index is 1.29. The molecule has 6 heteroatoms. The predicted molar refractivity (Wildman–Crippen MR) is 129 cm³/mol. The molecule has 0 radical (unpaired) electrons. The Labute approximate surface area is 192 Å². The van der Waals surface area contributed by atoms with Gasteiger partial charge < -0.3 is 5.32 Å². The standard InChI is InChI=1S/C26H28N4OS/c1-26(2)14-21(19-16-27-30(22(19)15-26)17-18-8-4-3-5-9-18)28-24(31)12-13-25-29-20-10-6-7-11-23(20)32-25/h3-11,16,21H,12-15,17H2,1-2H3,(H,28,31). The predicted octanol–water partition coefficient (Wildman–Crippen LogP) is 5.30. The van der Waals surface area contributed by atoms with Crippen LogP contribution in [0.4, 0.5) is 0 Å². The summed E-state index contributed by atoms with van der Waals surface area (Å²) >= 11 is 1.67. The summed E-state index contributed by atoms with van der Waals surface area (Å²) in [7, 11) is 0. The van der Waals surface area contributed by atoms with Crippen LogP contribution in [0.15, 0.2) is 60.8 Å². The summed E-state index contributed by atoms with van der Waals surface area (Å²) in [4.78, 5) is 17.5. The first-order valence-corrected chi connectivity index (χ1v) is 12.0. The number of para-hydroxylation sites is 1. The second-order valence-electron chi connectivity index (χ2n) is 9.43. The van der Waals surface area contributed by atoms with Gasteiger partial charge in [0.25, 0.3) is 0 Å². The SMILES string of the molecule is CC1(C)Cc2c(cnn2Cc2ccccc2)C(NC(=O)CCc2nc3ccccc3s2)C1. The lowest BCUT2D eigenvalue weighted by molar-refractivity contribution is -0.122. The lowest BCUT2D eigenvalue weighted by Gasteiger charge is -2.36. The number of nitrogens with zero attached hydrogens (tertiary/aromatic N) is 3. The molecule has 0 saturated carbocycles. The van der Waals surface area contributed by atoms with Gasteiger partial charge in [-0.25, -0.2) is 4.98 Å². The summed E-state index contributed by atoms with van der Waals surface area (Å²) in [6.07, 6.45) is 4.95. The molecule has 2 aromatic carbocycles. The third kappa shape index (κ3) is 4.46. The minimum absolute atomic E-state index is 0.00106. The Hall–Kier alpha value is -2.99. The van der Waals surface area contributed by atoms with Crippen molar-refractivity contribution in [1.82, 2.24) is 20.1 Å². The van der Waals surface area contributed by atoms with E-state index in [2.05, 4.69) is 59.2 Å². The number of amides is 1. The molecule has 0 bridgehead atoms. The molecule has 2 aromatic heterocycles. The van der Waals surface area contributed by atoms with Crippen molar-refractivity contribution >= 4 is 27.5 Å². The fourth-order valence-corrected chi connectivity index (χ4v) is 5.60. The molecule has 0 saturated heterocycles. The summed E-state index contributed by atoms with van der Waals surface area (Å²) in [5, 5.41) is 9.00. The first-order valence-electron chi connectivity index (χ1n) is 11.2. The van der Waals surface area contributed by atoms with E-state index in [-0.39, 0.29) is 17.4 Å². The Bertz CT molecular complexity index is 1210. The van der Waals surface area contributed by atoms with Crippen molar-refractivity contribution in [3.05, 3.63) is 82.6 Å². The van der Waals surface area contributed by atoms with Crippen molar-refractivity contribution in [3.8, 4) is 0 Å². The van der Waals surface area contributed by atoms with Gasteiger partial charge in [0.1, 0.15) is 0 Å². The minimum Gasteiger partial charge on any atom is -0.349 e. The second kappa shape index (κ2) is 8.51. The lowest BCUT2D eigenvalue weighted by Crippen LogP contribution is -2.37. The van der Waals surface area contributed by atoms with E-state index in [0.29, 0.717) is 12.8 Å². The minimum atomic E-state index is 0.00106. The zero-order valence-corrected chi connectivity index (χ0v) is 19.4. The van der Waals surface area contributed by atoms with Gasteiger partial charge in [-0.15, -0.1) is 11.3 Å². The average molecular weight is 445 g/mol. The molecule has 2 heterocycles. The number of fused-ring (bicyclic) bond motifs is 2. The summed E-state index contributed by atoms with van der Waals surface area (Å²) in [5.41, 5.74) is 4.75. The highest BCUT2D eigenvalue weighted by atomic mass is 32.1. The summed E-state index contributed by atoms with van der Waals surface area (Å²) in [5.74, 6) is 0.0775. The Morgan fingerprint density at radius 1 is 1.16 bits per heavy atom. The molecule has 1 atom stereocenters. The van der Waals surface area contributed by atoms with Gasteiger partial charge in [0.2, 0.25) is 5.91 Å². The highest BCUT2D eigenvalue weighted by Crippen LogP contribution is 2.41. The van der Waals surface area contributed by atoms with Gasteiger partial charge in [0.15, 0.2) is 0 Å². The summed E-state index contributed by atoms with van der Waals surface area (Å²) in [6, 6.07) is 18.5.